The van der Waals surface area contributed by atoms with Crippen LogP contribution in [0.3, 0.4) is 0 Å². The molecule has 100 valence electrons. The van der Waals surface area contributed by atoms with E-state index in [2.05, 4.69) is 40.8 Å². The Morgan fingerprint density at radius 3 is 2.89 bits per heavy atom. The van der Waals surface area contributed by atoms with Crippen LogP contribution in [0, 0.1) is 5.92 Å². The Morgan fingerprint density at radius 1 is 1.56 bits per heavy atom. The van der Waals surface area contributed by atoms with E-state index in [-0.39, 0.29) is 12.5 Å². The number of carbonyl (C=O) groups excluding carboxylic acids is 1. The first-order valence-corrected chi connectivity index (χ1v) is 7.20. The molecule has 1 unspecified atom stereocenters. The van der Waals surface area contributed by atoms with E-state index >= 15 is 0 Å². The van der Waals surface area contributed by atoms with Gasteiger partial charge in [-0.25, -0.2) is 0 Å². The second kappa shape index (κ2) is 7.81. The van der Waals surface area contributed by atoms with E-state index < -0.39 is 0 Å². The van der Waals surface area contributed by atoms with Crippen molar-refractivity contribution in [3.63, 3.8) is 0 Å². The number of hydrogen-bond donors (Lipinski definition) is 3. The van der Waals surface area contributed by atoms with E-state index in [4.69, 9.17) is 5.11 Å². The van der Waals surface area contributed by atoms with Gasteiger partial charge in [0.25, 0.3) is 5.91 Å². The Kier molecular flexibility index (Phi) is 6.75. The zero-order chi connectivity index (χ0) is 13.5. The van der Waals surface area contributed by atoms with E-state index in [1.54, 1.807) is 6.07 Å². The second-order valence-electron chi connectivity index (χ2n) is 4.16. The molecule has 0 radical (unpaired) electrons. The van der Waals surface area contributed by atoms with Gasteiger partial charge >= 0.3 is 0 Å². The quantitative estimate of drug-likeness (QED) is 0.702. The zero-order valence-electron chi connectivity index (χ0n) is 10.3. The minimum Gasteiger partial charge on any atom is -0.396 e. The first kappa shape index (κ1) is 15.5. The number of halogens is 1. The van der Waals surface area contributed by atoms with E-state index in [1.165, 1.54) is 0 Å². The summed E-state index contributed by atoms with van der Waals surface area (Å²) in [4.78, 5) is 12.8. The van der Waals surface area contributed by atoms with Crippen LogP contribution in [-0.2, 0) is 0 Å². The number of nitrogens with one attached hydrogen (secondary N) is 1. The van der Waals surface area contributed by atoms with Crippen LogP contribution in [0.1, 0.15) is 30.1 Å². The van der Waals surface area contributed by atoms with Crippen molar-refractivity contribution in [1.29, 1.82) is 0 Å². The van der Waals surface area contributed by atoms with Crippen LogP contribution < -0.4 is 5.32 Å². The van der Waals surface area contributed by atoms with Crippen LogP contribution in [0.25, 0.3) is 0 Å². The summed E-state index contributed by atoms with van der Waals surface area (Å²) in [6.07, 6.45) is 1.65. The number of amides is 1. The topological polar surface area (TPSA) is 49.3 Å². The summed E-state index contributed by atoms with van der Waals surface area (Å²) in [5.74, 6) is 0.200. The van der Waals surface area contributed by atoms with Crippen LogP contribution in [-0.4, -0.2) is 24.2 Å². The van der Waals surface area contributed by atoms with Gasteiger partial charge in [0.1, 0.15) is 0 Å². The van der Waals surface area contributed by atoms with Crippen molar-refractivity contribution in [2.24, 2.45) is 5.92 Å². The number of rotatable bonds is 6. The van der Waals surface area contributed by atoms with Gasteiger partial charge in [-0.2, -0.15) is 0 Å². The molecule has 18 heavy (non-hydrogen) atoms. The van der Waals surface area contributed by atoms with Gasteiger partial charge in [-0.3, -0.25) is 4.79 Å². The summed E-state index contributed by atoms with van der Waals surface area (Å²) >= 11 is 7.57. The molecule has 0 saturated carbocycles. The highest BCUT2D eigenvalue weighted by Crippen LogP contribution is 2.20. The number of carbonyl (C=O) groups is 1. The van der Waals surface area contributed by atoms with Crippen LogP contribution in [0.5, 0.6) is 0 Å². The van der Waals surface area contributed by atoms with Crippen molar-refractivity contribution in [3.05, 3.63) is 28.2 Å². The Balaban J connectivity index is 2.62. The molecule has 0 fully saturated rings. The lowest BCUT2D eigenvalue weighted by atomic mass is 10.0. The first-order valence-electron chi connectivity index (χ1n) is 5.96. The van der Waals surface area contributed by atoms with Gasteiger partial charge in [-0.1, -0.05) is 13.3 Å². The number of hydrogen-bond acceptors (Lipinski definition) is 3. The molecule has 0 heterocycles. The minimum atomic E-state index is -0.117. The third-order valence-corrected chi connectivity index (χ3v) is 3.83. The third-order valence-electron chi connectivity index (χ3n) is 2.86. The highest BCUT2D eigenvalue weighted by molar-refractivity contribution is 9.10. The fourth-order valence-electron chi connectivity index (χ4n) is 1.65. The lowest BCUT2D eigenvalue weighted by Crippen LogP contribution is -2.29. The Labute approximate surface area is 122 Å². The fraction of sp³-hybridized carbons (Fsp3) is 0.462. The van der Waals surface area contributed by atoms with E-state index in [1.807, 2.05) is 12.1 Å². The summed E-state index contributed by atoms with van der Waals surface area (Å²) in [5.41, 5.74) is 0.585. The summed E-state index contributed by atoms with van der Waals surface area (Å²) in [6.45, 7) is 2.79. The molecule has 1 rings (SSSR count). The van der Waals surface area contributed by atoms with Crippen LogP contribution >= 0.6 is 28.6 Å². The van der Waals surface area contributed by atoms with Crippen LogP contribution in [0.15, 0.2) is 27.6 Å². The molecule has 0 bridgehead atoms. The van der Waals surface area contributed by atoms with Crippen LogP contribution in [0.4, 0.5) is 0 Å². The molecular weight excluding hydrogens is 314 g/mol. The predicted octanol–water partition coefficient (Wildman–Crippen LogP) is 2.88. The summed E-state index contributed by atoms with van der Waals surface area (Å²) < 4.78 is 0.757. The Hall–Kier alpha value is -0.520. The molecule has 0 saturated heterocycles. The maximum Gasteiger partial charge on any atom is 0.252 e. The molecule has 0 aliphatic rings. The average Bonchev–Trinajstić information content (AvgIpc) is 2.37. The van der Waals surface area contributed by atoms with E-state index in [9.17, 15) is 4.79 Å². The summed E-state index contributed by atoms with van der Waals surface area (Å²) in [6, 6.07) is 5.36. The van der Waals surface area contributed by atoms with Gasteiger partial charge in [0.2, 0.25) is 0 Å². The molecule has 0 aromatic heterocycles. The molecule has 1 aromatic rings. The molecule has 0 aliphatic heterocycles. The smallest absolute Gasteiger partial charge is 0.252 e. The van der Waals surface area contributed by atoms with Crippen molar-refractivity contribution < 1.29 is 9.90 Å². The molecule has 3 nitrogen and oxygen atoms in total. The SMILES string of the molecule is CCC(CCO)CNC(=O)c1cc(S)ccc1Br. The second-order valence-corrected chi connectivity index (χ2v) is 5.53. The fourth-order valence-corrected chi connectivity index (χ4v) is 2.28. The highest BCUT2D eigenvalue weighted by atomic mass is 79.9. The molecule has 0 aliphatic carbocycles. The predicted molar refractivity (Wildman–Crippen MR) is 79.2 cm³/mol. The molecule has 5 heteroatoms. The molecule has 1 amide bonds. The van der Waals surface area contributed by atoms with Gasteiger partial charge in [0.05, 0.1) is 5.56 Å². The standard InChI is InChI=1S/C13H18BrNO2S/c1-2-9(5-6-16)8-15-13(17)11-7-10(18)3-4-12(11)14/h3-4,7,9,16,18H,2,5-6,8H2,1H3,(H,15,17). The number of aliphatic hydroxyl groups excluding tert-OH is 1. The molecule has 1 atom stereocenters. The number of thiol groups is 1. The average molecular weight is 332 g/mol. The monoisotopic (exact) mass is 331 g/mol. The third kappa shape index (κ3) is 4.63. The van der Waals surface area contributed by atoms with Crippen molar-refractivity contribution in [2.45, 2.75) is 24.7 Å². The Bertz CT molecular complexity index is 412. The van der Waals surface area contributed by atoms with Crippen LogP contribution in [0.2, 0.25) is 0 Å². The van der Waals surface area contributed by atoms with Crippen molar-refractivity contribution >= 4 is 34.5 Å². The van der Waals surface area contributed by atoms with E-state index in [0.29, 0.717) is 24.4 Å². The molecule has 2 N–H and O–H groups in total. The van der Waals surface area contributed by atoms with Crippen molar-refractivity contribution in [2.75, 3.05) is 13.2 Å². The molecular formula is C13H18BrNO2S. The van der Waals surface area contributed by atoms with Gasteiger partial charge in [0, 0.05) is 22.5 Å². The first-order chi connectivity index (χ1) is 8.58. The highest BCUT2D eigenvalue weighted by Gasteiger charge is 2.12. The zero-order valence-corrected chi connectivity index (χ0v) is 12.8. The maximum absolute atomic E-state index is 12.0. The van der Waals surface area contributed by atoms with Gasteiger partial charge in [-0.15, -0.1) is 12.6 Å². The summed E-state index contributed by atoms with van der Waals surface area (Å²) in [5, 5.41) is 11.8. The van der Waals surface area contributed by atoms with Crippen molar-refractivity contribution in [1.82, 2.24) is 5.32 Å². The normalized spacial score (nSPS) is 12.2. The lowest BCUT2D eigenvalue weighted by molar-refractivity contribution is 0.0942. The largest absolute Gasteiger partial charge is 0.396 e. The molecule has 0 spiro atoms. The Morgan fingerprint density at radius 2 is 2.28 bits per heavy atom. The molecule has 1 aromatic carbocycles. The number of benzene rings is 1. The summed E-state index contributed by atoms with van der Waals surface area (Å²) in [7, 11) is 0. The number of aliphatic hydroxyl groups is 1. The minimum absolute atomic E-state index is 0.117. The van der Waals surface area contributed by atoms with Gasteiger partial charge in [-0.05, 0) is 46.5 Å². The van der Waals surface area contributed by atoms with Gasteiger partial charge in [0.15, 0.2) is 0 Å². The lowest BCUT2D eigenvalue weighted by Gasteiger charge is -2.14. The van der Waals surface area contributed by atoms with E-state index in [0.717, 1.165) is 15.8 Å². The van der Waals surface area contributed by atoms with Gasteiger partial charge < -0.3 is 10.4 Å². The maximum atomic E-state index is 12.0. The van der Waals surface area contributed by atoms with Crippen molar-refractivity contribution in [3.8, 4) is 0 Å².